The number of hydrogen-bond acceptors (Lipinski definition) is 5. The number of amides is 1. The average Bonchev–Trinajstić information content (AvgIpc) is 2.63. The molecule has 138 valence electrons. The molecule has 0 radical (unpaired) electrons. The maximum absolute atomic E-state index is 13.8. The first-order valence-corrected chi connectivity index (χ1v) is 8.34. The van der Waals surface area contributed by atoms with Gasteiger partial charge in [0.1, 0.15) is 22.9 Å². The zero-order valence-corrected chi connectivity index (χ0v) is 15.9. The quantitative estimate of drug-likeness (QED) is 0.712. The Hall–Kier alpha value is -2.61. The normalized spacial score (nSPS) is 11.4. The monoisotopic (exact) mass is 425 g/mol. The van der Waals surface area contributed by atoms with Crippen molar-refractivity contribution in [3.05, 3.63) is 52.3 Å². The highest BCUT2D eigenvalue weighted by atomic mass is 79.9. The Labute approximate surface area is 158 Å². The molecule has 8 heteroatoms. The van der Waals surface area contributed by atoms with Gasteiger partial charge in [0.25, 0.3) is 5.91 Å². The number of hydrogen-bond donors (Lipinski definition) is 1. The largest absolute Gasteiger partial charge is 0.497 e. The van der Waals surface area contributed by atoms with Crippen molar-refractivity contribution in [2.75, 3.05) is 19.5 Å². The van der Waals surface area contributed by atoms with Gasteiger partial charge in [-0.15, -0.1) is 0 Å². The van der Waals surface area contributed by atoms with Crippen molar-refractivity contribution in [3.63, 3.8) is 0 Å². The van der Waals surface area contributed by atoms with E-state index < -0.39 is 23.8 Å². The number of carbonyl (C=O) groups is 2. The summed E-state index contributed by atoms with van der Waals surface area (Å²) >= 11 is 3.13. The standard InChI is InChI=1S/C18H17BrFNO5/c1-10(17(22)21-15-6-4-11(19)8-14(15)20)26-18(23)13-9-12(24-2)5-7-16(13)25-3/h4-10H,1-3H3,(H,21,22). The second-order valence-electron chi connectivity index (χ2n) is 5.23. The van der Waals surface area contributed by atoms with Gasteiger partial charge in [-0.2, -0.15) is 0 Å². The third-order valence-corrected chi connectivity index (χ3v) is 3.96. The molecule has 1 unspecified atom stereocenters. The first-order chi connectivity index (χ1) is 12.3. The van der Waals surface area contributed by atoms with Crippen LogP contribution in [0.25, 0.3) is 0 Å². The van der Waals surface area contributed by atoms with Gasteiger partial charge in [0.2, 0.25) is 0 Å². The van der Waals surface area contributed by atoms with Crippen LogP contribution in [0.1, 0.15) is 17.3 Å². The van der Waals surface area contributed by atoms with Crippen LogP contribution in [-0.2, 0) is 9.53 Å². The number of carbonyl (C=O) groups excluding carboxylic acids is 2. The van der Waals surface area contributed by atoms with E-state index in [4.69, 9.17) is 14.2 Å². The van der Waals surface area contributed by atoms with Gasteiger partial charge in [0, 0.05) is 4.47 Å². The molecular formula is C18H17BrFNO5. The number of anilines is 1. The molecule has 6 nitrogen and oxygen atoms in total. The lowest BCUT2D eigenvalue weighted by atomic mass is 10.2. The minimum Gasteiger partial charge on any atom is -0.497 e. The van der Waals surface area contributed by atoms with Crippen LogP contribution in [0.5, 0.6) is 11.5 Å². The number of benzene rings is 2. The highest BCUT2D eigenvalue weighted by Gasteiger charge is 2.22. The molecule has 1 N–H and O–H groups in total. The van der Waals surface area contributed by atoms with Crippen LogP contribution in [0.4, 0.5) is 10.1 Å². The zero-order valence-electron chi connectivity index (χ0n) is 14.3. The Morgan fingerprint density at radius 3 is 2.46 bits per heavy atom. The Balaban J connectivity index is 2.10. The molecule has 2 rings (SSSR count). The molecule has 0 spiro atoms. The summed E-state index contributed by atoms with van der Waals surface area (Å²) in [4.78, 5) is 24.5. The van der Waals surface area contributed by atoms with E-state index in [1.165, 1.54) is 39.3 Å². The molecule has 2 aromatic rings. The van der Waals surface area contributed by atoms with Gasteiger partial charge in [-0.1, -0.05) is 15.9 Å². The first-order valence-electron chi connectivity index (χ1n) is 7.54. The number of halogens is 2. The van der Waals surface area contributed by atoms with E-state index >= 15 is 0 Å². The molecule has 0 bridgehead atoms. The minimum atomic E-state index is -1.15. The molecule has 26 heavy (non-hydrogen) atoms. The summed E-state index contributed by atoms with van der Waals surface area (Å²) in [5.74, 6) is -1.32. The van der Waals surface area contributed by atoms with Gasteiger partial charge < -0.3 is 19.5 Å². The summed E-state index contributed by atoms with van der Waals surface area (Å²) in [7, 11) is 2.87. The van der Waals surface area contributed by atoms with Crippen molar-refractivity contribution in [2.24, 2.45) is 0 Å². The minimum absolute atomic E-state index is 0.0138. The Morgan fingerprint density at radius 2 is 1.85 bits per heavy atom. The van der Waals surface area contributed by atoms with E-state index in [1.54, 1.807) is 18.2 Å². The van der Waals surface area contributed by atoms with Crippen LogP contribution in [0.2, 0.25) is 0 Å². The molecule has 1 amide bonds. The Bertz CT molecular complexity index is 827. The summed E-state index contributed by atoms with van der Waals surface area (Å²) in [6.07, 6.45) is -1.15. The van der Waals surface area contributed by atoms with Crippen LogP contribution in [0.3, 0.4) is 0 Å². The smallest absolute Gasteiger partial charge is 0.342 e. The number of esters is 1. The highest BCUT2D eigenvalue weighted by molar-refractivity contribution is 9.10. The van der Waals surface area contributed by atoms with Crippen LogP contribution in [-0.4, -0.2) is 32.2 Å². The van der Waals surface area contributed by atoms with Crippen molar-refractivity contribution >= 4 is 33.5 Å². The van der Waals surface area contributed by atoms with Crippen molar-refractivity contribution < 1.29 is 28.2 Å². The topological polar surface area (TPSA) is 73.9 Å². The van der Waals surface area contributed by atoms with Gasteiger partial charge in [0.05, 0.1) is 19.9 Å². The van der Waals surface area contributed by atoms with E-state index in [9.17, 15) is 14.0 Å². The fourth-order valence-electron chi connectivity index (χ4n) is 2.08. The third kappa shape index (κ3) is 4.72. The summed E-state index contributed by atoms with van der Waals surface area (Å²) in [5.41, 5.74) is 0.0985. The molecule has 0 fully saturated rings. The number of nitrogens with one attached hydrogen (secondary N) is 1. The second kappa shape index (κ2) is 8.66. The van der Waals surface area contributed by atoms with Crippen molar-refractivity contribution in [1.29, 1.82) is 0 Å². The highest BCUT2D eigenvalue weighted by Crippen LogP contribution is 2.25. The average molecular weight is 426 g/mol. The molecule has 0 aliphatic carbocycles. The van der Waals surface area contributed by atoms with Crippen LogP contribution in [0, 0.1) is 5.82 Å². The summed E-state index contributed by atoms with van der Waals surface area (Å²) in [6, 6.07) is 8.82. The Morgan fingerprint density at radius 1 is 1.12 bits per heavy atom. The first kappa shape index (κ1) is 19.7. The van der Waals surface area contributed by atoms with E-state index in [-0.39, 0.29) is 17.0 Å². The van der Waals surface area contributed by atoms with Gasteiger partial charge >= 0.3 is 5.97 Å². The van der Waals surface area contributed by atoms with Gasteiger partial charge in [-0.25, -0.2) is 9.18 Å². The van der Waals surface area contributed by atoms with Gasteiger partial charge in [-0.3, -0.25) is 4.79 Å². The lowest BCUT2D eigenvalue weighted by Gasteiger charge is -2.15. The van der Waals surface area contributed by atoms with E-state index in [2.05, 4.69) is 21.2 Å². The molecule has 0 saturated heterocycles. The van der Waals surface area contributed by atoms with Crippen LogP contribution < -0.4 is 14.8 Å². The molecule has 1 atom stereocenters. The molecule has 0 heterocycles. The van der Waals surface area contributed by atoms with Crippen molar-refractivity contribution in [1.82, 2.24) is 0 Å². The lowest BCUT2D eigenvalue weighted by molar-refractivity contribution is -0.123. The molecule has 0 saturated carbocycles. The van der Waals surface area contributed by atoms with Crippen molar-refractivity contribution in [2.45, 2.75) is 13.0 Å². The number of methoxy groups -OCH3 is 2. The maximum Gasteiger partial charge on any atom is 0.342 e. The van der Waals surface area contributed by atoms with Gasteiger partial charge in [0.15, 0.2) is 6.10 Å². The van der Waals surface area contributed by atoms with E-state index in [1.807, 2.05) is 0 Å². The fraction of sp³-hybridized carbons (Fsp3) is 0.222. The summed E-state index contributed by atoms with van der Waals surface area (Å²) in [6.45, 7) is 1.39. The van der Waals surface area contributed by atoms with Crippen molar-refractivity contribution in [3.8, 4) is 11.5 Å². The zero-order chi connectivity index (χ0) is 19.3. The molecule has 0 aromatic heterocycles. The van der Waals surface area contributed by atoms with Crippen LogP contribution >= 0.6 is 15.9 Å². The lowest BCUT2D eigenvalue weighted by Crippen LogP contribution is -2.30. The van der Waals surface area contributed by atoms with E-state index in [0.29, 0.717) is 10.2 Å². The third-order valence-electron chi connectivity index (χ3n) is 3.47. The number of rotatable bonds is 6. The molecular weight excluding hydrogens is 409 g/mol. The SMILES string of the molecule is COc1ccc(OC)c(C(=O)OC(C)C(=O)Nc2ccc(Br)cc2F)c1. The number of ether oxygens (including phenoxy) is 3. The van der Waals surface area contributed by atoms with Gasteiger partial charge in [-0.05, 0) is 43.3 Å². The van der Waals surface area contributed by atoms with Crippen LogP contribution in [0.15, 0.2) is 40.9 Å². The predicted molar refractivity (Wildman–Crippen MR) is 97.2 cm³/mol. The Kier molecular flexibility index (Phi) is 6.57. The summed E-state index contributed by atoms with van der Waals surface area (Å²) < 4.78 is 29.7. The predicted octanol–water partition coefficient (Wildman–Crippen LogP) is 3.79. The molecule has 0 aliphatic heterocycles. The second-order valence-corrected chi connectivity index (χ2v) is 6.14. The van der Waals surface area contributed by atoms with E-state index in [0.717, 1.165) is 0 Å². The molecule has 2 aromatic carbocycles. The molecule has 0 aliphatic rings. The maximum atomic E-state index is 13.8. The fourth-order valence-corrected chi connectivity index (χ4v) is 2.41. The summed E-state index contributed by atoms with van der Waals surface area (Å²) in [5, 5.41) is 2.38.